The van der Waals surface area contributed by atoms with E-state index in [-0.39, 0.29) is 29.6 Å². The molecule has 2 aromatic carbocycles. The minimum absolute atomic E-state index is 0.0502. The van der Waals surface area contributed by atoms with E-state index in [4.69, 9.17) is 4.74 Å². The summed E-state index contributed by atoms with van der Waals surface area (Å²) < 4.78 is 34.0. The second kappa shape index (κ2) is 9.94. The van der Waals surface area contributed by atoms with E-state index < -0.39 is 10.0 Å². The van der Waals surface area contributed by atoms with Crippen LogP contribution < -0.4 is 4.74 Å². The molecule has 1 aromatic heterocycles. The number of piperazine rings is 1. The number of aromatic nitrogens is 3. The molecule has 1 fully saturated rings. The molecule has 0 N–H and O–H groups in total. The molecule has 1 saturated heterocycles. The molecular weight excluding hydrogens is 462 g/mol. The quantitative estimate of drug-likeness (QED) is 0.471. The van der Waals surface area contributed by atoms with Crippen molar-refractivity contribution < 1.29 is 17.9 Å². The highest BCUT2D eigenvalue weighted by atomic mass is 32.2. The van der Waals surface area contributed by atoms with Crippen LogP contribution in [0.15, 0.2) is 64.6 Å². The molecule has 0 bridgehead atoms. The monoisotopic (exact) mass is 487 g/mol. The van der Waals surface area contributed by atoms with Gasteiger partial charge in [-0.25, -0.2) is 8.42 Å². The first-order valence-electron chi connectivity index (χ1n) is 10.4. The first-order valence-corrected chi connectivity index (χ1v) is 12.8. The standard InChI is InChI=1S/C22H25N5O4S2/c1-25-21(17-8-10-18(31-2)11-9-17)23-24-22(25)32-16-20(28)26-12-14-27(15-13-26)33(29,30)19-6-4-3-5-7-19/h3-11H,12-16H2,1-2H3. The van der Waals surface area contributed by atoms with Crippen molar-refractivity contribution in [1.82, 2.24) is 24.0 Å². The Balaban J connectivity index is 1.32. The predicted octanol–water partition coefficient (Wildman–Crippen LogP) is 2.12. The van der Waals surface area contributed by atoms with Crippen LogP contribution in [0.1, 0.15) is 0 Å². The van der Waals surface area contributed by atoms with Crippen LogP contribution >= 0.6 is 11.8 Å². The van der Waals surface area contributed by atoms with Crippen molar-refractivity contribution >= 4 is 27.7 Å². The molecule has 0 unspecified atom stereocenters. The molecule has 4 rings (SSSR count). The van der Waals surface area contributed by atoms with Crippen LogP contribution in [0.25, 0.3) is 11.4 Å². The summed E-state index contributed by atoms with van der Waals surface area (Å²) in [5.41, 5.74) is 0.903. The number of carbonyl (C=O) groups excluding carboxylic acids is 1. The van der Waals surface area contributed by atoms with Crippen LogP contribution in [0.2, 0.25) is 0 Å². The van der Waals surface area contributed by atoms with Gasteiger partial charge in [-0.15, -0.1) is 10.2 Å². The second-order valence-electron chi connectivity index (χ2n) is 7.48. The largest absolute Gasteiger partial charge is 0.497 e. The van der Waals surface area contributed by atoms with Crippen molar-refractivity contribution in [2.24, 2.45) is 7.05 Å². The van der Waals surface area contributed by atoms with E-state index in [0.717, 1.165) is 11.3 Å². The number of benzene rings is 2. The number of sulfonamides is 1. The number of methoxy groups -OCH3 is 1. The van der Waals surface area contributed by atoms with E-state index in [1.807, 2.05) is 35.9 Å². The Bertz CT molecular complexity index is 1210. The average molecular weight is 488 g/mol. The maximum atomic E-state index is 12.8. The molecule has 11 heteroatoms. The third-order valence-corrected chi connectivity index (χ3v) is 8.40. The molecule has 1 aliphatic rings. The Morgan fingerprint density at radius 3 is 2.30 bits per heavy atom. The van der Waals surface area contributed by atoms with Crippen LogP contribution in [-0.2, 0) is 21.9 Å². The van der Waals surface area contributed by atoms with Gasteiger partial charge in [0.1, 0.15) is 5.75 Å². The third kappa shape index (κ3) is 5.05. The Kier molecular flexibility index (Phi) is 7.01. The molecule has 33 heavy (non-hydrogen) atoms. The van der Waals surface area contributed by atoms with Crippen molar-refractivity contribution in [2.45, 2.75) is 10.1 Å². The number of carbonyl (C=O) groups is 1. The van der Waals surface area contributed by atoms with E-state index in [0.29, 0.717) is 24.1 Å². The van der Waals surface area contributed by atoms with Crippen molar-refractivity contribution in [3.05, 3.63) is 54.6 Å². The fourth-order valence-corrected chi connectivity index (χ4v) is 5.83. The van der Waals surface area contributed by atoms with Crippen LogP contribution in [-0.4, -0.2) is 77.3 Å². The van der Waals surface area contributed by atoms with Crippen LogP contribution in [0.4, 0.5) is 0 Å². The lowest BCUT2D eigenvalue weighted by Gasteiger charge is -2.34. The third-order valence-electron chi connectivity index (χ3n) is 5.48. The average Bonchev–Trinajstić information content (AvgIpc) is 3.23. The lowest BCUT2D eigenvalue weighted by atomic mass is 10.2. The van der Waals surface area contributed by atoms with Gasteiger partial charge in [0.05, 0.1) is 17.8 Å². The van der Waals surface area contributed by atoms with Crippen LogP contribution in [0, 0.1) is 0 Å². The van der Waals surface area contributed by atoms with Gasteiger partial charge < -0.3 is 14.2 Å². The van der Waals surface area contributed by atoms with Gasteiger partial charge in [-0.05, 0) is 36.4 Å². The number of thioether (sulfide) groups is 1. The van der Waals surface area contributed by atoms with Gasteiger partial charge in [0.2, 0.25) is 15.9 Å². The number of hydrogen-bond acceptors (Lipinski definition) is 7. The molecular formula is C22H25N5O4S2. The Labute approximate surface area is 197 Å². The maximum absolute atomic E-state index is 12.8. The molecule has 0 radical (unpaired) electrons. The highest BCUT2D eigenvalue weighted by Crippen LogP contribution is 2.25. The summed E-state index contributed by atoms with van der Waals surface area (Å²) >= 11 is 1.32. The lowest BCUT2D eigenvalue weighted by Crippen LogP contribution is -2.50. The molecule has 174 valence electrons. The molecule has 0 spiro atoms. The highest BCUT2D eigenvalue weighted by molar-refractivity contribution is 7.99. The zero-order valence-electron chi connectivity index (χ0n) is 18.4. The summed E-state index contributed by atoms with van der Waals surface area (Å²) in [7, 11) is -0.0625. The van der Waals surface area contributed by atoms with Gasteiger partial charge in [0, 0.05) is 38.8 Å². The number of nitrogens with zero attached hydrogens (tertiary/aromatic N) is 5. The molecule has 0 saturated carbocycles. The van der Waals surface area contributed by atoms with Gasteiger partial charge in [-0.2, -0.15) is 4.31 Å². The minimum Gasteiger partial charge on any atom is -0.497 e. The Morgan fingerprint density at radius 2 is 1.67 bits per heavy atom. The fourth-order valence-electron chi connectivity index (χ4n) is 3.57. The van der Waals surface area contributed by atoms with Gasteiger partial charge in [0.15, 0.2) is 11.0 Å². The van der Waals surface area contributed by atoms with Crippen LogP contribution in [0.5, 0.6) is 5.75 Å². The first kappa shape index (κ1) is 23.3. The van der Waals surface area contributed by atoms with E-state index in [9.17, 15) is 13.2 Å². The van der Waals surface area contributed by atoms with E-state index in [1.165, 1.54) is 16.1 Å². The summed E-state index contributed by atoms with van der Waals surface area (Å²) in [6.07, 6.45) is 0. The van der Waals surface area contributed by atoms with Gasteiger partial charge in [-0.3, -0.25) is 4.79 Å². The Hall–Kier alpha value is -2.89. The SMILES string of the molecule is COc1ccc(-c2nnc(SCC(=O)N3CCN(S(=O)(=O)c4ccccc4)CC3)n2C)cc1. The van der Waals surface area contributed by atoms with Crippen molar-refractivity contribution in [2.75, 3.05) is 39.0 Å². The molecule has 1 amide bonds. The molecule has 9 nitrogen and oxygen atoms in total. The number of amides is 1. The smallest absolute Gasteiger partial charge is 0.243 e. The number of ether oxygens (including phenoxy) is 1. The highest BCUT2D eigenvalue weighted by Gasteiger charge is 2.30. The predicted molar refractivity (Wildman–Crippen MR) is 125 cm³/mol. The molecule has 1 aliphatic heterocycles. The minimum atomic E-state index is -3.54. The lowest BCUT2D eigenvalue weighted by molar-refractivity contribution is -0.129. The van der Waals surface area contributed by atoms with Crippen molar-refractivity contribution in [1.29, 1.82) is 0 Å². The topological polar surface area (TPSA) is 97.6 Å². The van der Waals surface area contributed by atoms with E-state index in [1.54, 1.807) is 42.3 Å². The van der Waals surface area contributed by atoms with Gasteiger partial charge in [0.25, 0.3) is 0 Å². The summed E-state index contributed by atoms with van der Waals surface area (Å²) in [6, 6.07) is 15.9. The second-order valence-corrected chi connectivity index (χ2v) is 10.4. The van der Waals surface area contributed by atoms with Crippen LogP contribution in [0.3, 0.4) is 0 Å². The molecule has 2 heterocycles. The fraction of sp³-hybridized carbons (Fsp3) is 0.318. The molecule has 0 aliphatic carbocycles. The zero-order chi connectivity index (χ0) is 23.4. The molecule has 0 atom stereocenters. The van der Waals surface area contributed by atoms with E-state index in [2.05, 4.69) is 10.2 Å². The first-order chi connectivity index (χ1) is 15.9. The maximum Gasteiger partial charge on any atom is 0.243 e. The zero-order valence-corrected chi connectivity index (χ0v) is 20.1. The number of rotatable bonds is 7. The van der Waals surface area contributed by atoms with Gasteiger partial charge >= 0.3 is 0 Å². The summed E-state index contributed by atoms with van der Waals surface area (Å²) in [5.74, 6) is 1.62. The summed E-state index contributed by atoms with van der Waals surface area (Å²) in [4.78, 5) is 14.7. The summed E-state index contributed by atoms with van der Waals surface area (Å²) in [5, 5.41) is 9.11. The normalized spacial score (nSPS) is 14.9. The Morgan fingerprint density at radius 1 is 1.00 bits per heavy atom. The number of hydrogen-bond donors (Lipinski definition) is 0. The van der Waals surface area contributed by atoms with E-state index >= 15 is 0 Å². The molecule has 3 aromatic rings. The summed E-state index contributed by atoms with van der Waals surface area (Å²) in [6.45, 7) is 1.28. The van der Waals surface area contributed by atoms with Gasteiger partial charge in [-0.1, -0.05) is 30.0 Å². The van der Waals surface area contributed by atoms with Crippen molar-refractivity contribution in [3.8, 4) is 17.1 Å². The van der Waals surface area contributed by atoms with Crippen molar-refractivity contribution in [3.63, 3.8) is 0 Å².